The zero-order chi connectivity index (χ0) is 30.0. The fourth-order valence-electron chi connectivity index (χ4n) is 5.26. The predicted molar refractivity (Wildman–Crippen MR) is 137 cm³/mol. The lowest BCUT2D eigenvalue weighted by molar-refractivity contribution is 0.284. The zero-order valence-electron chi connectivity index (χ0n) is 22.0. The second-order valence-corrected chi connectivity index (χ2v) is 10.1. The van der Waals surface area contributed by atoms with Crippen LogP contribution in [0.2, 0.25) is 0 Å². The van der Waals surface area contributed by atoms with Crippen LogP contribution in [0.1, 0.15) is 22.3 Å². The lowest BCUT2D eigenvalue weighted by atomic mass is 9.99. The minimum atomic E-state index is -2.24. The van der Waals surface area contributed by atoms with Gasteiger partial charge in [0.25, 0.3) is 0 Å². The maximum absolute atomic E-state index is 15.3. The molecule has 0 amide bonds. The molecule has 4 aromatic rings. The zero-order valence-corrected chi connectivity index (χ0v) is 22.0. The van der Waals surface area contributed by atoms with Gasteiger partial charge in [-0.15, -0.1) is 0 Å². The van der Waals surface area contributed by atoms with Gasteiger partial charge < -0.3 is 19.3 Å². The quantitative estimate of drug-likeness (QED) is 0.179. The summed E-state index contributed by atoms with van der Waals surface area (Å²) >= 11 is 0. The van der Waals surface area contributed by atoms with E-state index >= 15 is 35.1 Å². The van der Waals surface area contributed by atoms with E-state index in [-0.39, 0.29) is 13.1 Å². The molecule has 218 valence electrons. The largest absolute Gasteiger partial charge is 0.473 e. The molecule has 0 spiro atoms. The summed E-state index contributed by atoms with van der Waals surface area (Å²) in [6.45, 7) is 2.04. The number of anilines is 2. The van der Waals surface area contributed by atoms with Gasteiger partial charge in [0.1, 0.15) is 22.9 Å². The summed E-state index contributed by atoms with van der Waals surface area (Å²) in [5.74, 6) is -16.3. The van der Waals surface area contributed by atoms with Crippen LogP contribution in [0.25, 0.3) is 11.1 Å². The minimum Gasteiger partial charge on any atom is -0.473 e. The van der Waals surface area contributed by atoms with Crippen molar-refractivity contribution in [1.29, 1.82) is 0 Å². The van der Waals surface area contributed by atoms with Gasteiger partial charge in [0.15, 0.2) is 60.0 Å². The first-order chi connectivity index (χ1) is 20.0. The molecule has 0 unspecified atom stereocenters. The molecule has 2 aliphatic heterocycles. The van der Waals surface area contributed by atoms with E-state index in [1.165, 1.54) is 0 Å². The predicted octanol–water partition coefficient (Wildman–Crippen LogP) is 7.80. The van der Waals surface area contributed by atoms with Crippen molar-refractivity contribution < 1.29 is 44.6 Å². The SMILES string of the molecule is Cc1ccc2c(c1)CN(c1c(F)c(F)c(-c3c(F)c(F)c(N4COc5ccc(C)cc5C4)c(F)c3F)c(F)c1F)CO2. The second-order valence-electron chi connectivity index (χ2n) is 10.1. The van der Waals surface area contributed by atoms with Crippen LogP contribution in [0.4, 0.5) is 46.5 Å². The van der Waals surface area contributed by atoms with Gasteiger partial charge in [-0.3, -0.25) is 0 Å². The Morgan fingerprint density at radius 1 is 0.500 bits per heavy atom. The molecule has 2 aliphatic rings. The van der Waals surface area contributed by atoms with E-state index in [2.05, 4.69) is 0 Å². The van der Waals surface area contributed by atoms with Crippen LogP contribution in [-0.2, 0) is 13.1 Å². The Kier molecular flexibility index (Phi) is 6.66. The molecule has 0 N–H and O–H groups in total. The van der Waals surface area contributed by atoms with Crippen molar-refractivity contribution in [3.63, 3.8) is 0 Å². The number of rotatable bonds is 3. The Morgan fingerprint density at radius 3 is 1.17 bits per heavy atom. The first-order valence-electron chi connectivity index (χ1n) is 12.6. The third kappa shape index (κ3) is 4.27. The van der Waals surface area contributed by atoms with E-state index in [0.717, 1.165) is 20.9 Å². The van der Waals surface area contributed by atoms with Crippen LogP contribution < -0.4 is 19.3 Å². The van der Waals surface area contributed by atoms with Gasteiger partial charge in [0, 0.05) is 11.1 Å². The minimum absolute atomic E-state index is 0.218. The molecule has 0 bridgehead atoms. The van der Waals surface area contributed by atoms with E-state index in [1.54, 1.807) is 50.2 Å². The average molecular weight is 592 g/mol. The molecule has 0 aromatic heterocycles. The van der Waals surface area contributed by atoms with Crippen molar-refractivity contribution in [2.45, 2.75) is 26.9 Å². The number of fused-ring (bicyclic) bond motifs is 2. The van der Waals surface area contributed by atoms with Gasteiger partial charge in [-0.1, -0.05) is 35.4 Å². The van der Waals surface area contributed by atoms with Gasteiger partial charge >= 0.3 is 0 Å². The van der Waals surface area contributed by atoms with E-state index < -0.39 is 82.5 Å². The third-order valence-electron chi connectivity index (χ3n) is 7.27. The van der Waals surface area contributed by atoms with Crippen molar-refractivity contribution in [3.05, 3.63) is 105 Å². The molecule has 0 aliphatic carbocycles. The first-order valence-corrected chi connectivity index (χ1v) is 12.6. The summed E-state index contributed by atoms with van der Waals surface area (Å²) in [4.78, 5) is 1.69. The lowest BCUT2D eigenvalue weighted by Gasteiger charge is -2.32. The molecular formula is C30H20F8N2O2. The maximum atomic E-state index is 15.3. The second kappa shape index (κ2) is 10.1. The number of nitrogens with zero attached hydrogens (tertiary/aromatic N) is 2. The third-order valence-corrected chi connectivity index (χ3v) is 7.27. The molecule has 0 atom stereocenters. The molecule has 6 rings (SSSR count). The van der Waals surface area contributed by atoms with Gasteiger partial charge in [-0.2, -0.15) is 0 Å². The Labute approximate surface area is 234 Å². The van der Waals surface area contributed by atoms with Crippen LogP contribution >= 0.6 is 0 Å². The summed E-state index contributed by atoms with van der Waals surface area (Å²) in [6, 6.07) is 9.98. The van der Waals surface area contributed by atoms with Crippen LogP contribution in [0, 0.1) is 60.4 Å². The monoisotopic (exact) mass is 592 g/mol. The molecular weight excluding hydrogens is 572 g/mol. The fourth-order valence-corrected chi connectivity index (χ4v) is 5.26. The summed E-state index contributed by atoms with van der Waals surface area (Å²) in [6.07, 6.45) is 0. The highest BCUT2D eigenvalue weighted by Crippen LogP contribution is 2.43. The molecule has 0 saturated carbocycles. The molecule has 4 nitrogen and oxygen atoms in total. The number of halogens is 8. The van der Waals surface area contributed by atoms with Gasteiger partial charge in [0.2, 0.25) is 0 Å². The Balaban J connectivity index is 1.43. The average Bonchev–Trinajstić information content (AvgIpc) is 2.96. The van der Waals surface area contributed by atoms with Crippen molar-refractivity contribution in [1.82, 2.24) is 0 Å². The highest BCUT2D eigenvalue weighted by atomic mass is 19.2. The Bertz CT molecular complexity index is 1590. The van der Waals surface area contributed by atoms with Crippen molar-refractivity contribution in [2.24, 2.45) is 0 Å². The van der Waals surface area contributed by atoms with Gasteiger partial charge in [-0.05, 0) is 26.0 Å². The Hall–Kier alpha value is -4.48. The van der Waals surface area contributed by atoms with E-state index in [1.807, 2.05) is 0 Å². The number of hydrogen-bond donors (Lipinski definition) is 0. The van der Waals surface area contributed by atoms with Gasteiger partial charge in [-0.25, -0.2) is 35.1 Å². The molecule has 12 heteroatoms. The van der Waals surface area contributed by atoms with Crippen molar-refractivity contribution in [2.75, 3.05) is 23.3 Å². The standard InChI is InChI=1S/C30H20F8N2O2/c1-13-3-5-17-15(7-13)9-39(11-41-17)29-25(35)21(31)19(22(32)26(29)36)20-23(33)27(37)30(28(38)24(20)34)40-10-16-8-14(2)4-6-18(16)42-12-40/h3-8H,9-12H2,1-2H3. The summed E-state index contributed by atoms with van der Waals surface area (Å²) in [7, 11) is 0. The highest BCUT2D eigenvalue weighted by molar-refractivity contribution is 5.73. The summed E-state index contributed by atoms with van der Waals surface area (Å²) in [5, 5.41) is 0. The smallest absolute Gasteiger partial charge is 0.186 e. The van der Waals surface area contributed by atoms with Crippen molar-refractivity contribution in [3.8, 4) is 22.6 Å². The number of hydrogen-bond acceptors (Lipinski definition) is 4. The maximum Gasteiger partial charge on any atom is 0.186 e. The van der Waals surface area contributed by atoms with Crippen LogP contribution in [0.5, 0.6) is 11.5 Å². The fraction of sp³-hybridized carbons (Fsp3) is 0.200. The topological polar surface area (TPSA) is 24.9 Å². The molecule has 0 radical (unpaired) electrons. The lowest BCUT2D eigenvalue weighted by Crippen LogP contribution is -2.34. The summed E-state index contributed by atoms with van der Waals surface area (Å²) < 4.78 is 133. The first kappa shape index (κ1) is 27.7. The van der Waals surface area contributed by atoms with Crippen LogP contribution in [0.15, 0.2) is 36.4 Å². The summed E-state index contributed by atoms with van der Waals surface area (Å²) in [5.41, 5.74) is -3.81. The van der Waals surface area contributed by atoms with E-state index in [4.69, 9.17) is 9.47 Å². The number of aryl methyl sites for hydroxylation is 2. The van der Waals surface area contributed by atoms with E-state index in [0.29, 0.717) is 22.6 Å². The van der Waals surface area contributed by atoms with Gasteiger partial charge in [0.05, 0.1) is 24.2 Å². The Morgan fingerprint density at radius 2 is 0.833 bits per heavy atom. The number of benzene rings is 4. The molecule has 4 aromatic carbocycles. The molecule has 0 saturated heterocycles. The normalized spacial score (nSPS) is 14.3. The number of ether oxygens (including phenoxy) is 2. The van der Waals surface area contributed by atoms with E-state index in [9.17, 15) is 0 Å². The van der Waals surface area contributed by atoms with Crippen LogP contribution in [-0.4, -0.2) is 13.5 Å². The highest BCUT2D eigenvalue weighted by Gasteiger charge is 2.37. The molecule has 2 heterocycles. The molecule has 0 fully saturated rings. The molecule has 42 heavy (non-hydrogen) atoms. The van der Waals surface area contributed by atoms with Crippen molar-refractivity contribution >= 4 is 11.4 Å². The van der Waals surface area contributed by atoms with Crippen LogP contribution in [0.3, 0.4) is 0 Å².